The highest BCUT2D eigenvalue weighted by molar-refractivity contribution is 5.93. The number of primary amides is 1. The van der Waals surface area contributed by atoms with Gasteiger partial charge in [-0.15, -0.1) is 0 Å². The molecule has 3 N–H and O–H groups in total. The number of morpholine rings is 1. The number of hydrogen-bond acceptors (Lipinski definition) is 5. The maximum atomic E-state index is 11.9. The van der Waals surface area contributed by atoms with Crippen molar-refractivity contribution in [2.24, 2.45) is 5.73 Å². The summed E-state index contributed by atoms with van der Waals surface area (Å²) in [6.45, 7) is 3.85. The molecule has 1 atom stereocenters. The SMILES string of the molecule is NC(=O)C1=C(CN2CCOCC2)N2C=C(c3ccccc3)C=CC2N1. The Hall–Kier alpha value is -2.57. The second-order valence-corrected chi connectivity index (χ2v) is 6.38. The number of allylic oxidation sites excluding steroid dienone is 2. The smallest absolute Gasteiger partial charge is 0.266 e. The van der Waals surface area contributed by atoms with Crippen LogP contribution in [0.2, 0.25) is 0 Å². The van der Waals surface area contributed by atoms with Crippen molar-refractivity contribution < 1.29 is 9.53 Å². The molecule has 0 radical (unpaired) electrons. The molecule has 3 heterocycles. The summed E-state index contributed by atoms with van der Waals surface area (Å²) in [4.78, 5) is 16.4. The Balaban J connectivity index is 1.64. The third-order valence-electron chi connectivity index (χ3n) is 4.76. The number of carbonyl (C=O) groups excluding carboxylic acids is 1. The quantitative estimate of drug-likeness (QED) is 0.852. The molecule has 25 heavy (non-hydrogen) atoms. The predicted octanol–water partition coefficient (Wildman–Crippen LogP) is 0.858. The molecule has 1 saturated heterocycles. The Morgan fingerprint density at radius 3 is 2.72 bits per heavy atom. The summed E-state index contributed by atoms with van der Waals surface area (Å²) in [5.74, 6) is -0.416. The van der Waals surface area contributed by atoms with E-state index < -0.39 is 5.91 Å². The molecule has 3 aliphatic heterocycles. The molecule has 0 bridgehead atoms. The number of amides is 1. The summed E-state index contributed by atoms with van der Waals surface area (Å²) < 4.78 is 5.42. The zero-order chi connectivity index (χ0) is 17.2. The molecule has 6 nitrogen and oxygen atoms in total. The van der Waals surface area contributed by atoms with E-state index in [4.69, 9.17) is 10.5 Å². The molecular weight excluding hydrogens is 316 g/mol. The van der Waals surface area contributed by atoms with Gasteiger partial charge in [0.2, 0.25) is 0 Å². The van der Waals surface area contributed by atoms with E-state index in [1.54, 1.807) is 0 Å². The van der Waals surface area contributed by atoms with Crippen molar-refractivity contribution >= 4 is 11.5 Å². The Labute approximate surface area is 147 Å². The molecule has 1 unspecified atom stereocenters. The molecule has 0 spiro atoms. The fourth-order valence-electron chi connectivity index (χ4n) is 3.43. The van der Waals surface area contributed by atoms with Crippen molar-refractivity contribution in [2.45, 2.75) is 6.17 Å². The van der Waals surface area contributed by atoms with Crippen LogP contribution in [0.5, 0.6) is 0 Å². The Morgan fingerprint density at radius 1 is 1.24 bits per heavy atom. The first-order valence-corrected chi connectivity index (χ1v) is 8.56. The summed E-state index contributed by atoms with van der Waals surface area (Å²) >= 11 is 0. The van der Waals surface area contributed by atoms with E-state index in [1.165, 1.54) is 0 Å². The summed E-state index contributed by atoms with van der Waals surface area (Å²) in [5, 5.41) is 3.25. The topological polar surface area (TPSA) is 70.8 Å². The maximum absolute atomic E-state index is 11.9. The van der Waals surface area contributed by atoms with E-state index in [-0.39, 0.29) is 6.17 Å². The summed E-state index contributed by atoms with van der Waals surface area (Å²) in [5.41, 5.74) is 9.32. The van der Waals surface area contributed by atoms with Gasteiger partial charge in [-0.1, -0.05) is 36.4 Å². The number of nitrogens with zero attached hydrogens (tertiary/aromatic N) is 2. The summed E-state index contributed by atoms with van der Waals surface area (Å²) in [7, 11) is 0. The first kappa shape index (κ1) is 15.9. The van der Waals surface area contributed by atoms with Crippen LogP contribution in [-0.4, -0.2) is 54.7 Å². The van der Waals surface area contributed by atoms with Gasteiger partial charge in [0.15, 0.2) is 0 Å². The molecule has 4 rings (SSSR count). The molecule has 0 saturated carbocycles. The highest BCUT2D eigenvalue weighted by Gasteiger charge is 2.34. The van der Waals surface area contributed by atoms with Crippen molar-refractivity contribution in [1.82, 2.24) is 15.1 Å². The number of fused-ring (bicyclic) bond motifs is 1. The number of ether oxygens (including phenoxy) is 1. The molecule has 1 amide bonds. The molecule has 1 fully saturated rings. The normalized spacial score (nSPS) is 23.3. The van der Waals surface area contributed by atoms with Gasteiger partial charge in [-0.25, -0.2) is 0 Å². The monoisotopic (exact) mass is 338 g/mol. The standard InChI is InChI=1S/C19H22N4O2/c20-19(24)18-16(13-22-8-10-25-11-9-22)23-12-15(6-7-17(23)21-18)14-4-2-1-3-5-14/h1-7,12,17,21H,8-11,13H2,(H2,20,24). The van der Waals surface area contributed by atoms with Crippen LogP contribution in [0.25, 0.3) is 5.57 Å². The van der Waals surface area contributed by atoms with Gasteiger partial charge in [0, 0.05) is 25.8 Å². The maximum Gasteiger partial charge on any atom is 0.266 e. The van der Waals surface area contributed by atoms with Crippen molar-refractivity contribution in [3.8, 4) is 0 Å². The van der Waals surface area contributed by atoms with Gasteiger partial charge in [-0.2, -0.15) is 0 Å². The number of hydrogen-bond donors (Lipinski definition) is 2. The second-order valence-electron chi connectivity index (χ2n) is 6.38. The second kappa shape index (κ2) is 6.74. The fraction of sp³-hybridized carbons (Fsp3) is 0.316. The van der Waals surface area contributed by atoms with Crippen LogP contribution in [0.3, 0.4) is 0 Å². The number of benzene rings is 1. The summed E-state index contributed by atoms with van der Waals surface area (Å²) in [6.07, 6.45) is 6.18. The first-order valence-electron chi connectivity index (χ1n) is 8.56. The molecule has 0 aromatic heterocycles. The third-order valence-corrected chi connectivity index (χ3v) is 4.76. The fourth-order valence-corrected chi connectivity index (χ4v) is 3.43. The lowest BCUT2D eigenvalue weighted by Gasteiger charge is -2.32. The van der Waals surface area contributed by atoms with Gasteiger partial charge < -0.3 is 20.7 Å². The van der Waals surface area contributed by atoms with E-state index >= 15 is 0 Å². The number of nitrogens with two attached hydrogens (primary N) is 1. The van der Waals surface area contributed by atoms with Gasteiger partial charge in [0.1, 0.15) is 11.9 Å². The van der Waals surface area contributed by atoms with Crippen LogP contribution in [0.4, 0.5) is 0 Å². The van der Waals surface area contributed by atoms with Gasteiger partial charge in [-0.05, 0) is 17.2 Å². The molecule has 130 valence electrons. The van der Waals surface area contributed by atoms with E-state index in [1.807, 2.05) is 18.2 Å². The van der Waals surface area contributed by atoms with Crippen molar-refractivity contribution in [1.29, 1.82) is 0 Å². The summed E-state index contributed by atoms with van der Waals surface area (Å²) in [6, 6.07) is 10.2. The minimum Gasteiger partial charge on any atom is -0.379 e. The Morgan fingerprint density at radius 2 is 2.00 bits per heavy atom. The van der Waals surface area contributed by atoms with Gasteiger partial charge in [0.25, 0.3) is 5.91 Å². The molecule has 1 aromatic carbocycles. The molecule has 0 aliphatic carbocycles. The number of rotatable bonds is 4. The minimum atomic E-state index is -0.416. The van der Waals surface area contributed by atoms with Crippen LogP contribution >= 0.6 is 0 Å². The molecule has 3 aliphatic rings. The lowest BCUT2D eigenvalue weighted by Crippen LogP contribution is -2.40. The molecule has 6 heteroatoms. The van der Waals surface area contributed by atoms with Crippen LogP contribution in [0.15, 0.2) is 60.1 Å². The minimum absolute atomic E-state index is 0.0639. The third kappa shape index (κ3) is 3.18. The average Bonchev–Trinajstić information content (AvgIpc) is 3.01. The lowest BCUT2D eigenvalue weighted by atomic mass is 10.0. The highest BCUT2D eigenvalue weighted by Crippen LogP contribution is 2.30. The van der Waals surface area contributed by atoms with Gasteiger partial charge in [-0.3, -0.25) is 9.69 Å². The molecular formula is C19H22N4O2. The van der Waals surface area contributed by atoms with Crippen LogP contribution in [0.1, 0.15) is 5.56 Å². The van der Waals surface area contributed by atoms with Crippen LogP contribution in [-0.2, 0) is 9.53 Å². The van der Waals surface area contributed by atoms with Gasteiger partial charge >= 0.3 is 0 Å². The average molecular weight is 338 g/mol. The Bertz CT molecular complexity index is 748. The van der Waals surface area contributed by atoms with Gasteiger partial charge in [0.05, 0.1) is 18.9 Å². The zero-order valence-corrected chi connectivity index (χ0v) is 14.0. The predicted molar refractivity (Wildman–Crippen MR) is 95.8 cm³/mol. The van der Waals surface area contributed by atoms with E-state index in [2.05, 4.69) is 45.6 Å². The van der Waals surface area contributed by atoms with Crippen molar-refractivity contribution in [3.05, 3.63) is 65.6 Å². The first-order chi connectivity index (χ1) is 12.2. The van der Waals surface area contributed by atoms with Crippen molar-refractivity contribution in [3.63, 3.8) is 0 Å². The zero-order valence-electron chi connectivity index (χ0n) is 14.0. The van der Waals surface area contributed by atoms with E-state index in [0.29, 0.717) is 12.2 Å². The largest absolute Gasteiger partial charge is 0.379 e. The van der Waals surface area contributed by atoms with E-state index in [0.717, 1.165) is 43.1 Å². The number of carbonyl (C=O) groups is 1. The Kier molecular flexibility index (Phi) is 4.29. The number of nitrogens with one attached hydrogen (secondary N) is 1. The van der Waals surface area contributed by atoms with Crippen LogP contribution in [0, 0.1) is 0 Å². The lowest BCUT2D eigenvalue weighted by molar-refractivity contribution is -0.114. The van der Waals surface area contributed by atoms with E-state index in [9.17, 15) is 4.79 Å². The molecule has 1 aromatic rings. The van der Waals surface area contributed by atoms with Crippen molar-refractivity contribution in [2.75, 3.05) is 32.8 Å². The highest BCUT2D eigenvalue weighted by atomic mass is 16.5. The van der Waals surface area contributed by atoms with Crippen LogP contribution < -0.4 is 11.1 Å².